The van der Waals surface area contributed by atoms with Gasteiger partial charge in [-0.3, -0.25) is 0 Å². The van der Waals surface area contributed by atoms with Crippen molar-refractivity contribution in [3.8, 4) is 0 Å². The molecule has 0 saturated heterocycles. The summed E-state index contributed by atoms with van der Waals surface area (Å²) in [5.74, 6) is 0. The van der Waals surface area contributed by atoms with Crippen molar-refractivity contribution in [2.75, 3.05) is 0 Å². The molecule has 0 fully saturated rings. The van der Waals surface area contributed by atoms with Crippen LogP contribution in [0.25, 0.3) is 0 Å². The van der Waals surface area contributed by atoms with Crippen molar-refractivity contribution < 1.29 is 31.8 Å². The van der Waals surface area contributed by atoms with Crippen LogP contribution >= 0.6 is 7.92 Å². The molecule has 3 aromatic carbocycles. The molecule has 0 aromatic heterocycles. The average molecular weight is 348 g/mol. The molecule has 0 aliphatic carbocycles. The Hall–Kier alpha value is -1.40. The smallest absolute Gasteiger partial charge is 0.744 e. The van der Waals surface area contributed by atoms with Crippen molar-refractivity contribution in [3.05, 3.63) is 84.9 Å². The molecule has 0 heterocycles. The van der Waals surface area contributed by atoms with Crippen LogP contribution in [0.1, 0.15) is 0 Å². The van der Waals surface area contributed by atoms with Gasteiger partial charge in [-0.1, -0.05) is 78.9 Å². The van der Waals surface area contributed by atoms with E-state index in [0.29, 0.717) is 5.30 Å². The van der Waals surface area contributed by atoms with E-state index in [4.69, 9.17) is 0 Å². The van der Waals surface area contributed by atoms with Gasteiger partial charge in [-0.05, 0) is 24.6 Å². The van der Waals surface area contributed by atoms with Crippen LogP contribution < -0.4 is 34.8 Å². The second-order valence-corrected chi connectivity index (χ2v) is 8.46. The molecule has 0 spiro atoms. The van der Waals surface area contributed by atoms with Gasteiger partial charge in [0.05, 0.1) is 4.90 Å². The number of hydrogen-bond donors (Lipinski definition) is 0. The first-order valence-electron chi connectivity index (χ1n) is 7.02. The van der Waals surface area contributed by atoms with Gasteiger partial charge in [0.15, 0.2) is 0 Å². The van der Waals surface area contributed by atoms with E-state index in [1.165, 1.54) is 6.07 Å². The summed E-state index contributed by atoms with van der Waals surface area (Å²) in [6.45, 7) is 0. The molecule has 116 valence electrons. The maximum absolute atomic E-state index is 11.7. The largest absolute Gasteiger partial charge is 1.00 e. The zero-order valence-corrected chi connectivity index (χ0v) is 14.9. The van der Waals surface area contributed by atoms with E-state index in [9.17, 15) is 13.0 Å². The van der Waals surface area contributed by atoms with E-state index in [0.717, 1.165) is 10.6 Å². The quantitative estimate of drug-likeness (QED) is 0.358. The predicted octanol–water partition coefficient (Wildman–Crippen LogP) is -0.647. The normalized spacial score (nSPS) is 11.1. The van der Waals surface area contributed by atoms with Crippen molar-refractivity contribution in [1.29, 1.82) is 0 Å². The topological polar surface area (TPSA) is 57.2 Å². The first-order valence-corrected chi connectivity index (χ1v) is 9.77. The molecule has 0 radical (unpaired) electrons. The summed E-state index contributed by atoms with van der Waals surface area (Å²) >= 11 is 0. The Labute approximate surface area is 155 Å². The van der Waals surface area contributed by atoms with Crippen LogP contribution in [0.15, 0.2) is 89.8 Å². The summed E-state index contributed by atoms with van der Waals surface area (Å²) < 4.78 is 35.0. The SMILES string of the molecule is O=S(=O)([O-])c1ccccc1P(c1ccccc1)c1ccccc1.[Li+]. The predicted molar refractivity (Wildman–Crippen MR) is 93.1 cm³/mol. The Balaban J connectivity index is 0.00000208. The minimum atomic E-state index is -4.53. The zero-order chi connectivity index (χ0) is 16.3. The summed E-state index contributed by atoms with van der Waals surface area (Å²) in [6, 6.07) is 25.8. The van der Waals surface area contributed by atoms with Crippen molar-refractivity contribution in [2.24, 2.45) is 0 Å². The van der Waals surface area contributed by atoms with E-state index in [1.807, 2.05) is 60.7 Å². The second-order valence-electron chi connectivity index (χ2n) is 4.93. The van der Waals surface area contributed by atoms with Crippen molar-refractivity contribution >= 4 is 34.0 Å². The Bertz CT molecular complexity index is 860. The van der Waals surface area contributed by atoms with Crippen LogP contribution in [-0.4, -0.2) is 13.0 Å². The molecule has 0 unspecified atom stereocenters. The molecule has 0 atom stereocenters. The minimum absolute atomic E-state index is 0. The number of benzene rings is 3. The van der Waals surface area contributed by atoms with Crippen LogP contribution in [0.4, 0.5) is 0 Å². The van der Waals surface area contributed by atoms with Gasteiger partial charge in [-0.15, -0.1) is 0 Å². The van der Waals surface area contributed by atoms with Crippen molar-refractivity contribution in [2.45, 2.75) is 4.90 Å². The zero-order valence-electron chi connectivity index (χ0n) is 13.2. The standard InChI is InChI=1S/C18H15O3PS.Li/c19-23(20,21)18-14-8-7-13-17(18)22(15-9-3-1-4-10-15)16-11-5-2-6-12-16;/h1-14H,(H,19,20,21);/q;+1/p-1. The van der Waals surface area contributed by atoms with E-state index >= 15 is 0 Å². The van der Waals surface area contributed by atoms with Crippen LogP contribution in [-0.2, 0) is 10.1 Å². The summed E-state index contributed by atoms with van der Waals surface area (Å²) in [4.78, 5) is -0.140. The van der Waals surface area contributed by atoms with Gasteiger partial charge in [0.2, 0.25) is 0 Å². The van der Waals surface area contributed by atoms with Crippen LogP contribution in [0.3, 0.4) is 0 Å². The molecular formula is C18H14LiO3PS. The molecule has 24 heavy (non-hydrogen) atoms. The Morgan fingerprint density at radius 1 is 0.667 bits per heavy atom. The first kappa shape index (κ1) is 18.9. The molecule has 3 rings (SSSR count). The molecular weight excluding hydrogens is 334 g/mol. The maximum Gasteiger partial charge on any atom is 1.00 e. The molecule has 0 saturated carbocycles. The van der Waals surface area contributed by atoms with Crippen molar-refractivity contribution in [3.63, 3.8) is 0 Å². The van der Waals surface area contributed by atoms with Gasteiger partial charge in [0, 0.05) is 5.30 Å². The third-order valence-corrected chi connectivity index (χ3v) is 6.95. The van der Waals surface area contributed by atoms with Gasteiger partial charge >= 0.3 is 18.9 Å². The monoisotopic (exact) mass is 348 g/mol. The molecule has 0 aliphatic rings. The van der Waals surface area contributed by atoms with Crippen molar-refractivity contribution in [1.82, 2.24) is 0 Å². The molecule has 3 aromatic rings. The molecule has 0 amide bonds. The van der Waals surface area contributed by atoms with E-state index in [-0.39, 0.29) is 23.8 Å². The second kappa shape index (κ2) is 8.12. The molecule has 0 N–H and O–H groups in total. The Morgan fingerprint density at radius 2 is 1.08 bits per heavy atom. The van der Waals surface area contributed by atoms with Crippen LogP contribution in [0, 0.1) is 0 Å². The fraction of sp³-hybridized carbons (Fsp3) is 0. The first-order chi connectivity index (χ1) is 11.1. The minimum Gasteiger partial charge on any atom is -0.744 e. The van der Waals surface area contributed by atoms with E-state index in [1.54, 1.807) is 18.2 Å². The van der Waals surface area contributed by atoms with E-state index < -0.39 is 18.0 Å². The number of hydrogen-bond acceptors (Lipinski definition) is 3. The Kier molecular flexibility index (Phi) is 6.40. The van der Waals surface area contributed by atoms with Crippen LogP contribution in [0.2, 0.25) is 0 Å². The third kappa shape index (κ3) is 4.16. The van der Waals surface area contributed by atoms with Gasteiger partial charge in [0.25, 0.3) is 0 Å². The molecule has 6 heteroatoms. The number of rotatable bonds is 4. The fourth-order valence-electron chi connectivity index (χ4n) is 2.43. The Morgan fingerprint density at radius 3 is 1.54 bits per heavy atom. The summed E-state index contributed by atoms with van der Waals surface area (Å²) in [5, 5.41) is 2.57. The summed E-state index contributed by atoms with van der Waals surface area (Å²) in [5.41, 5.74) is 0. The maximum atomic E-state index is 11.7. The van der Waals surface area contributed by atoms with Gasteiger partial charge < -0.3 is 4.55 Å². The average Bonchev–Trinajstić information content (AvgIpc) is 2.57. The van der Waals surface area contributed by atoms with Crippen LogP contribution in [0.5, 0.6) is 0 Å². The fourth-order valence-corrected chi connectivity index (χ4v) is 5.94. The molecule has 0 bridgehead atoms. The van der Waals surface area contributed by atoms with Gasteiger partial charge in [0.1, 0.15) is 10.1 Å². The van der Waals surface area contributed by atoms with E-state index in [2.05, 4.69) is 0 Å². The molecule has 0 aliphatic heterocycles. The van der Waals surface area contributed by atoms with Gasteiger partial charge in [-0.25, -0.2) is 8.42 Å². The van der Waals surface area contributed by atoms with Gasteiger partial charge in [-0.2, -0.15) is 0 Å². The summed E-state index contributed by atoms with van der Waals surface area (Å²) in [6.07, 6.45) is 0. The molecule has 3 nitrogen and oxygen atoms in total. The summed E-state index contributed by atoms with van der Waals surface area (Å²) in [7, 11) is -5.64. The third-order valence-electron chi connectivity index (χ3n) is 3.40.